The summed E-state index contributed by atoms with van der Waals surface area (Å²) >= 11 is 0. The van der Waals surface area contributed by atoms with Crippen LogP contribution in [0.4, 0.5) is 4.39 Å². The Labute approximate surface area is 211 Å². The molecule has 1 N–H and O–H groups in total. The third kappa shape index (κ3) is 7.81. The van der Waals surface area contributed by atoms with Gasteiger partial charge in [-0.15, -0.1) is 0 Å². The van der Waals surface area contributed by atoms with Crippen molar-refractivity contribution in [2.75, 3.05) is 13.1 Å². The van der Waals surface area contributed by atoms with Crippen molar-refractivity contribution in [3.63, 3.8) is 0 Å². The van der Waals surface area contributed by atoms with Gasteiger partial charge in [-0.2, -0.15) is 0 Å². The predicted molar refractivity (Wildman–Crippen MR) is 145 cm³/mol. The van der Waals surface area contributed by atoms with Crippen LogP contribution >= 0.6 is 0 Å². The van der Waals surface area contributed by atoms with Gasteiger partial charge in [-0.3, -0.25) is 4.79 Å². The molecule has 1 aliphatic heterocycles. The van der Waals surface area contributed by atoms with Crippen molar-refractivity contribution < 1.29 is 14.3 Å². The largest absolute Gasteiger partial charge is 0.508 e. The molecule has 1 saturated heterocycles. The van der Waals surface area contributed by atoms with Crippen molar-refractivity contribution >= 4 is 11.5 Å². The van der Waals surface area contributed by atoms with Crippen molar-refractivity contribution in [1.82, 2.24) is 4.90 Å². The van der Waals surface area contributed by atoms with Crippen LogP contribution in [-0.2, 0) is 0 Å². The minimum absolute atomic E-state index is 0.0304. The first-order valence-corrected chi connectivity index (χ1v) is 12.7. The molecule has 4 heteroatoms. The zero-order chi connectivity index (χ0) is 26.2. The highest BCUT2D eigenvalue weighted by Crippen LogP contribution is 2.51. The Bertz CT molecular complexity index is 1050. The van der Waals surface area contributed by atoms with Crippen molar-refractivity contribution in [3.05, 3.63) is 82.7 Å². The number of halogens is 1. The zero-order valence-corrected chi connectivity index (χ0v) is 22.5. The number of phenols is 1. The van der Waals surface area contributed by atoms with Crippen molar-refractivity contribution in [3.8, 4) is 5.75 Å². The lowest BCUT2D eigenvalue weighted by atomic mass is 9.58. The average Bonchev–Trinajstić information content (AvgIpc) is 2.76. The second-order valence-corrected chi connectivity index (χ2v) is 10.5. The van der Waals surface area contributed by atoms with E-state index in [0.29, 0.717) is 5.41 Å². The summed E-state index contributed by atoms with van der Waals surface area (Å²) in [5, 5.41) is 9.32. The number of aromatic hydroxyl groups is 1. The minimum Gasteiger partial charge on any atom is -0.508 e. The van der Waals surface area contributed by atoms with Gasteiger partial charge in [0.1, 0.15) is 11.6 Å². The highest BCUT2D eigenvalue weighted by molar-refractivity contribution is 5.95. The molecule has 4 rings (SSSR count). The van der Waals surface area contributed by atoms with Crippen LogP contribution in [0.3, 0.4) is 0 Å². The molecule has 1 spiro atoms. The van der Waals surface area contributed by atoms with Gasteiger partial charge >= 0.3 is 0 Å². The number of amides is 1. The first-order chi connectivity index (χ1) is 16.5. The molecule has 2 aromatic carbocycles. The van der Waals surface area contributed by atoms with E-state index in [0.717, 1.165) is 25.1 Å². The zero-order valence-electron chi connectivity index (χ0n) is 22.5. The first-order valence-electron chi connectivity index (χ1n) is 12.7. The number of likely N-dealkylation sites (tertiary alicyclic amines) is 1. The predicted octanol–water partition coefficient (Wildman–Crippen LogP) is 8.18. The van der Waals surface area contributed by atoms with Crippen LogP contribution in [0.25, 0.3) is 5.57 Å². The van der Waals surface area contributed by atoms with Crippen LogP contribution in [0.15, 0.2) is 60.2 Å². The van der Waals surface area contributed by atoms with Gasteiger partial charge in [0.25, 0.3) is 5.91 Å². The second kappa shape index (κ2) is 12.7. The molecule has 2 fully saturated rings. The maximum absolute atomic E-state index is 13.5. The minimum atomic E-state index is -0.569. The quantitative estimate of drug-likeness (QED) is 0.451. The molecule has 1 saturated carbocycles. The summed E-state index contributed by atoms with van der Waals surface area (Å²) in [6, 6.07) is 12.1. The topological polar surface area (TPSA) is 40.5 Å². The van der Waals surface area contributed by atoms with Gasteiger partial charge in [0, 0.05) is 18.5 Å². The molecule has 35 heavy (non-hydrogen) atoms. The molecule has 1 amide bonds. The summed E-state index contributed by atoms with van der Waals surface area (Å²) in [7, 11) is 0. The van der Waals surface area contributed by atoms with E-state index in [4.69, 9.17) is 0 Å². The second-order valence-electron chi connectivity index (χ2n) is 10.5. The van der Waals surface area contributed by atoms with Crippen LogP contribution in [0.1, 0.15) is 82.3 Å². The van der Waals surface area contributed by atoms with Crippen LogP contribution in [0, 0.1) is 24.1 Å². The van der Waals surface area contributed by atoms with E-state index in [1.54, 1.807) is 4.90 Å². The summed E-state index contributed by atoms with van der Waals surface area (Å²) in [6.45, 7) is 16.4. The number of hydrogen-bond acceptors (Lipinski definition) is 2. The third-order valence-electron chi connectivity index (χ3n) is 6.32. The fraction of sp³-hybridized carbons (Fsp3) is 0.452. The maximum Gasteiger partial charge on any atom is 0.257 e. The number of hydrogen-bond donors (Lipinski definition) is 1. The molecule has 2 aromatic rings. The normalized spacial score (nSPS) is 16.1. The summed E-state index contributed by atoms with van der Waals surface area (Å²) in [6.07, 6.45) is 7.91. The Morgan fingerprint density at radius 1 is 1.06 bits per heavy atom. The molecule has 0 aromatic heterocycles. The molecular weight excluding hydrogens is 437 g/mol. The maximum atomic E-state index is 13.5. The molecule has 1 aliphatic carbocycles. The number of allylic oxidation sites excluding steroid dienone is 4. The standard InChI is InChI=1S/C14H16FNO2.C14H18.C3H8/c1-9-5-14(6-9)7-16(8-14)13(18)11-4-10(17)2-3-12(11)15;1-11(2)9-10-13(4)14-8-6-5-7-12(14)3;1-3-2/h2-4,9,17H,5-8H2,1H3;5-10H,1-4H3;3H2,1-2H3/b;13-10+;. The van der Waals surface area contributed by atoms with E-state index in [1.165, 1.54) is 53.7 Å². The van der Waals surface area contributed by atoms with Gasteiger partial charge in [0.2, 0.25) is 0 Å². The lowest BCUT2D eigenvalue weighted by molar-refractivity contribution is -0.0713. The van der Waals surface area contributed by atoms with Gasteiger partial charge in [0.15, 0.2) is 0 Å². The molecule has 0 unspecified atom stereocenters. The van der Waals surface area contributed by atoms with Crippen molar-refractivity contribution in [2.45, 2.75) is 67.7 Å². The summed E-state index contributed by atoms with van der Waals surface area (Å²) in [4.78, 5) is 13.8. The lowest BCUT2D eigenvalue weighted by Crippen LogP contribution is -2.63. The summed E-state index contributed by atoms with van der Waals surface area (Å²) in [5.74, 6) is -0.207. The van der Waals surface area contributed by atoms with Crippen LogP contribution in [-0.4, -0.2) is 29.0 Å². The molecule has 3 nitrogen and oxygen atoms in total. The highest BCUT2D eigenvalue weighted by atomic mass is 19.1. The molecule has 2 aliphatic rings. The Hall–Kier alpha value is -2.88. The number of carbonyl (C=O) groups excluding carboxylic acids is 1. The number of carbonyl (C=O) groups is 1. The van der Waals surface area contributed by atoms with Crippen LogP contribution in [0.5, 0.6) is 5.75 Å². The Balaban J connectivity index is 0.000000229. The van der Waals surface area contributed by atoms with Crippen molar-refractivity contribution in [2.24, 2.45) is 11.3 Å². The van der Waals surface area contributed by atoms with E-state index < -0.39 is 5.82 Å². The SMILES string of the molecule is CC(C)=C/C=C(\C)c1ccccc1C.CC1CC2(C1)CN(C(=O)c1cc(O)ccc1F)C2.CCC. The summed E-state index contributed by atoms with van der Waals surface area (Å²) in [5.41, 5.74) is 5.61. The Morgan fingerprint density at radius 3 is 2.20 bits per heavy atom. The van der Waals surface area contributed by atoms with Gasteiger partial charge in [-0.1, -0.05) is 69.2 Å². The molecule has 0 radical (unpaired) electrons. The molecule has 1 heterocycles. The van der Waals surface area contributed by atoms with Gasteiger partial charge in [0.05, 0.1) is 5.56 Å². The van der Waals surface area contributed by atoms with Gasteiger partial charge in [-0.05, 0) is 81.4 Å². The highest BCUT2D eigenvalue weighted by Gasteiger charge is 2.52. The molecule has 190 valence electrons. The molecular formula is C31H42FNO2. The van der Waals surface area contributed by atoms with E-state index >= 15 is 0 Å². The Morgan fingerprint density at radius 2 is 1.66 bits per heavy atom. The Kier molecular flexibility index (Phi) is 10.3. The fourth-order valence-electron chi connectivity index (χ4n) is 4.83. The third-order valence-corrected chi connectivity index (χ3v) is 6.32. The number of nitrogens with zero attached hydrogens (tertiary/aromatic N) is 1. The monoisotopic (exact) mass is 479 g/mol. The van der Waals surface area contributed by atoms with E-state index in [2.05, 4.69) is 84.9 Å². The first kappa shape index (κ1) is 28.4. The number of phenolic OH excluding ortho intramolecular Hbond substituents is 1. The lowest BCUT2D eigenvalue weighted by Gasteiger charge is -2.58. The van der Waals surface area contributed by atoms with Gasteiger partial charge in [-0.25, -0.2) is 4.39 Å². The van der Waals surface area contributed by atoms with E-state index in [-0.39, 0.29) is 17.2 Å². The molecule has 0 atom stereocenters. The number of benzene rings is 2. The summed E-state index contributed by atoms with van der Waals surface area (Å²) < 4.78 is 13.5. The van der Waals surface area contributed by atoms with Crippen molar-refractivity contribution in [1.29, 1.82) is 0 Å². The van der Waals surface area contributed by atoms with E-state index in [1.807, 2.05) is 0 Å². The average molecular weight is 480 g/mol. The molecule has 0 bridgehead atoms. The van der Waals surface area contributed by atoms with Crippen LogP contribution < -0.4 is 0 Å². The van der Waals surface area contributed by atoms with Gasteiger partial charge < -0.3 is 10.0 Å². The number of rotatable bonds is 3. The number of aryl methyl sites for hydroxylation is 1. The smallest absolute Gasteiger partial charge is 0.257 e. The van der Waals surface area contributed by atoms with Crippen LogP contribution in [0.2, 0.25) is 0 Å². The van der Waals surface area contributed by atoms with E-state index in [9.17, 15) is 14.3 Å². The fourth-order valence-corrected chi connectivity index (χ4v) is 4.83.